The summed E-state index contributed by atoms with van der Waals surface area (Å²) in [4.78, 5) is 19.7. The number of H-pyrrole nitrogens is 1. The molecule has 6 heteroatoms. The molecule has 4 rings (SSSR count). The average molecular weight is 331 g/mol. The van der Waals surface area contributed by atoms with Crippen LogP contribution < -0.4 is 5.32 Å². The topological polar surface area (TPSA) is 75.6 Å². The first-order valence-corrected chi connectivity index (χ1v) is 8.10. The smallest absolute Gasteiger partial charge is 0.224 e. The maximum atomic E-state index is 12.2. The van der Waals surface area contributed by atoms with Crippen LogP contribution in [0.3, 0.4) is 0 Å². The Labute approximate surface area is 144 Å². The monoisotopic (exact) mass is 331 g/mol. The third kappa shape index (κ3) is 3.28. The first-order valence-electron chi connectivity index (χ1n) is 8.10. The Kier molecular flexibility index (Phi) is 4.00. The summed E-state index contributed by atoms with van der Waals surface area (Å²) in [6, 6.07) is 13.6. The zero-order valence-corrected chi connectivity index (χ0v) is 13.5. The first-order chi connectivity index (χ1) is 12.3. The Hall–Kier alpha value is -3.41. The number of rotatable bonds is 5. The number of pyridine rings is 1. The van der Waals surface area contributed by atoms with Gasteiger partial charge in [0.25, 0.3) is 0 Å². The van der Waals surface area contributed by atoms with Crippen molar-refractivity contribution in [3.8, 4) is 5.82 Å². The number of fused-ring (bicyclic) bond motifs is 1. The van der Waals surface area contributed by atoms with Crippen LogP contribution in [0.1, 0.15) is 12.0 Å². The number of carbonyl (C=O) groups excluding carboxylic acids is 1. The fourth-order valence-electron chi connectivity index (χ4n) is 2.81. The molecule has 0 fully saturated rings. The van der Waals surface area contributed by atoms with Crippen molar-refractivity contribution in [1.82, 2.24) is 19.7 Å². The number of nitrogens with one attached hydrogen (secondary N) is 2. The van der Waals surface area contributed by atoms with E-state index in [9.17, 15) is 4.79 Å². The minimum absolute atomic E-state index is 0.0288. The Morgan fingerprint density at radius 1 is 1.16 bits per heavy atom. The van der Waals surface area contributed by atoms with Crippen LogP contribution in [0, 0.1) is 0 Å². The third-order valence-corrected chi connectivity index (χ3v) is 4.07. The number of anilines is 1. The van der Waals surface area contributed by atoms with Gasteiger partial charge in [-0.3, -0.25) is 4.79 Å². The molecule has 0 saturated carbocycles. The molecule has 0 atom stereocenters. The van der Waals surface area contributed by atoms with Crippen molar-refractivity contribution >= 4 is 22.5 Å². The zero-order chi connectivity index (χ0) is 17.1. The van der Waals surface area contributed by atoms with Gasteiger partial charge in [-0.05, 0) is 36.2 Å². The van der Waals surface area contributed by atoms with Crippen molar-refractivity contribution in [3.05, 3.63) is 72.8 Å². The molecule has 0 spiro atoms. The average Bonchev–Trinajstić information content (AvgIpc) is 3.31. The summed E-state index contributed by atoms with van der Waals surface area (Å²) in [7, 11) is 0. The lowest BCUT2D eigenvalue weighted by atomic mass is 10.1. The summed E-state index contributed by atoms with van der Waals surface area (Å²) >= 11 is 0. The molecule has 2 N–H and O–H groups in total. The van der Waals surface area contributed by atoms with Crippen molar-refractivity contribution < 1.29 is 4.79 Å². The second-order valence-corrected chi connectivity index (χ2v) is 5.76. The minimum Gasteiger partial charge on any atom is -0.361 e. The summed E-state index contributed by atoms with van der Waals surface area (Å²) < 4.78 is 1.67. The predicted octanol–water partition coefficient (Wildman–Crippen LogP) is 3.32. The second-order valence-electron chi connectivity index (χ2n) is 5.76. The van der Waals surface area contributed by atoms with Crippen molar-refractivity contribution in [1.29, 1.82) is 0 Å². The molecule has 0 aliphatic heterocycles. The van der Waals surface area contributed by atoms with Crippen LogP contribution in [0.25, 0.3) is 16.7 Å². The van der Waals surface area contributed by atoms with Gasteiger partial charge in [0.2, 0.25) is 5.91 Å². The number of carbonyl (C=O) groups is 1. The molecule has 0 aliphatic rings. The third-order valence-electron chi connectivity index (χ3n) is 4.07. The molecule has 4 aromatic rings. The molecule has 25 heavy (non-hydrogen) atoms. The number of para-hydroxylation sites is 1. The van der Waals surface area contributed by atoms with Gasteiger partial charge in [0.05, 0.1) is 11.9 Å². The fraction of sp³-hybridized carbons (Fsp3) is 0.105. The summed E-state index contributed by atoms with van der Waals surface area (Å²) in [6.07, 6.45) is 8.24. The van der Waals surface area contributed by atoms with Crippen LogP contribution >= 0.6 is 0 Å². The molecule has 3 heterocycles. The number of benzene rings is 1. The van der Waals surface area contributed by atoms with Gasteiger partial charge in [-0.15, -0.1) is 0 Å². The number of aromatic nitrogens is 4. The number of hydrogen-bond acceptors (Lipinski definition) is 3. The van der Waals surface area contributed by atoms with E-state index in [0.29, 0.717) is 24.3 Å². The van der Waals surface area contributed by atoms with E-state index in [1.807, 2.05) is 48.8 Å². The quantitative estimate of drug-likeness (QED) is 0.589. The molecule has 3 aromatic heterocycles. The molecule has 1 aromatic carbocycles. The van der Waals surface area contributed by atoms with Crippen molar-refractivity contribution in [2.75, 3.05) is 5.32 Å². The number of hydrogen-bond donors (Lipinski definition) is 2. The molecule has 0 saturated heterocycles. The highest BCUT2D eigenvalue weighted by Crippen LogP contribution is 2.19. The van der Waals surface area contributed by atoms with E-state index in [1.54, 1.807) is 17.1 Å². The summed E-state index contributed by atoms with van der Waals surface area (Å²) in [5.41, 5.74) is 2.93. The van der Waals surface area contributed by atoms with Crippen LogP contribution in [0.4, 0.5) is 5.69 Å². The largest absolute Gasteiger partial charge is 0.361 e. The van der Waals surface area contributed by atoms with Gasteiger partial charge >= 0.3 is 0 Å². The lowest BCUT2D eigenvalue weighted by Gasteiger charge is -2.06. The highest BCUT2D eigenvalue weighted by molar-refractivity contribution is 5.91. The number of aromatic amines is 1. The van der Waals surface area contributed by atoms with Gasteiger partial charge in [-0.25, -0.2) is 9.67 Å². The van der Waals surface area contributed by atoms with Gasteiger partial charge in [0, 0.05) is 35.9 Å². The molecule has 0 bridgehead atoms. The summed E-state index contributed by atoms with van der Waals surface area (Å²) in [6.45, 7) is 0. The normalized spacial score (nSPS) is 10.9. The molecule has 0 aliphatic carbocycles. The van der Waals surface area contributed by atoms with Gasteiger partial charge in [-0.1, -0.05) is 18.2 Å². The standard InChI is InChI=1S/C19H17N5O/c25-19(9-6-14-12-20-17-5-2-1-4-16(14)17)23-15-7-8-18(21-13-15)24-11-3-10-22-24/h1-5,7-8,10-13,20H,6,9H2,(H,23,25). The lowest BCUT2D eigenvalue weighted by Crippen LogP contribution is -2.12. The van der Waals surface area contributed by atoms with E-state index in [4.69, 9.17) is 0 Å². The van der Waals surface area contributed by atoms with Crippen molar-refractivity contribution in [2.24, 2.45) is 0 Å². The van der Waals surface area contributed by atoms with E-state index in [2.05, 4.69) is 26.4 Å². The van der Waals surface area contributed by atoms with E-state index in [-0.39, 0.29) is 5.91 Å². The van der Waals surface area contributed by atoms with Crippen LogP contribution in [-0.2, 0) is 11.2 Å². The molecule has 0 unspecified atom stereocenters. The Balaban J connectivity index is 1.37. The summed E-state index contributed by atoms with van der Waals surface area (Å²) in [5.74, 6) is 0.681. The first kappa shape index (κ1) is 15.1. The van der Waals surface area contributed by atoms with E-state index in [1.165, 1.54) is 5.39 Å². The molecule has 1 amide bonds. The Morgan fingerprint density at radius 3 is 2.88 bits per heavy atom. The van der Waals surface area contributed by atoms with Crippen molar-refractivity contribution in [3.63, 3.8) is 0 Å². The number of amides is 1. The van der Waals surface area contributed by atoms with Crippen LogP contribution in [-0.4, -0.2) is 25.7 Å². The van der Waals surface area contributed by atoms with E-state index in [0.717, 1.165) is 11.1 Å². The molecule has 124 valence electrons. The van der Waals surface area contributed by atoms with Crippen molar-refractivity contribution in [2.45, 2.75) is 12.8 Å². The number of aryl methyl sites for hydroxylation is 1. The second kappa shape index (κ2) is 6.60. The van der Waals surface area contributed by atoms with Gasteiger partial charge in [0.1, 0.15) is 0 Å². The molecular weight excluding hydrogens is 314 g/mol. The van der Waals surface area contributed by atoms with Gasteiger partial charge in [-0.2, -0.15) is 5.10 Å². The van der Waals surface area contributed by atoms with E-state index >= 15 is 0 Å². The Morgan fingerprint density at radius 2 is 2.08 bits per heavy atom. The fourth-order valence-corrected chi connectivity index (χ4v) is 2.81. The highest BCUT2D eigenvalue weighted by atomic mass is 16.1. The highest BCUT2D eigenvalue weighted by Gasteiger charge is 2.07. The van der Waals surface area contributed by atoms with Crippen LogP contribution in [0.2, 0.25) is 0 Å². The minimum atomic E-state index is -0.0288. The molecule has 0 radical (unpaired) electrons. The summed E-state index contributed by atoms with van der Waals surface area (Å²) in [5, 5.41) is 8.17. The maximum Gasteiger partial charge on any atom is 0.224 e. The zero-order valence-electron chi connectivity index (χ0n) is 13.5. The Bertz CT molecular complexity index is 986. The van der Waals surface area contributed by atoms with Gasteiger partial charge in [0.15, 0.2) is 5.82 Å². The SMILES string of the molecule is O=C(CCc1c[nH]c2ccccc12)Nc1ccc(-n2cccn2)nc1. The molecular formula is C19H17N5O. The van der Waals surface area contributed by atoms with E-state index < -0.39 is 0 Å². The maximum absolute atomic E-state index is 12.2. The van der Waals surface area contributed by atoms with Gasteiger partial charge < -0.3 is 10.3 Å². The predicted molar refractivity (Wildman–Crippen MR) is 96.6 cm³/mol. The number of nitrogens with zero attached hydrogens (tertiary/aromatic N) is 3. The van der Waals surface area contributed by atoms with Crippen LogP contribution in [0.15, 0.2) is 67.3 Å². The molecule has 6 nitrogen and oxygen atoms in total. The van der Waals surface area contributed by atoms with Crippen LogP contribution in [0.5, 0.6) is 0 Å². The lowest BCUT2D eigenvalue weighted by molar-refractivity contribution is -0.116.